The predicted octanol–water partition coefficient (Wildman–Crippen LogP) is 3.06. The third kappa shape index (κ3) is 4.32. The van der Waals surface area contributed by atoms with Crippen molar-refractivity contribution in [2.45, 2.75) is 25.7 Å². The van der Waals surface area contributed by atoms with Crippen molar-refractivity contribution in [3.05, 3.63) is 33.3 Å². The Labute approximate surface area is 128 Å². The van der Waals surface area contributed by atoms with Gasteiger partial charge in [-0.3, -0.25) is 14.9 Å². The number of likely N-dealkylation sites (tertiary alicyclic amines) is 1. The molecule has 7 heteroatoms. The van der Waals surface area contributed by atoms with Gasteiger partial charge in [-0.15, -0.1) is 0 Å². The third-order valence-electron chi connectivity index (χ3n) is 3.52. The van der Waals surface area contributed by atoms with Crippen LogP contribution in [-0.4, -0.2) is 35.4 Å². The summed E-state index contributed by atoms with van der Waals surface area (Å²) in [7, 11) is 0. The van der Waals surface area contributed by atoms with Crippen LogP contribution >= 0.6 is 11.6 Å². The Morgan fingerprint density at radius 2 is 2.05 bits per heavy atom. The smallest absolute Gasteiger partial charge is 0.292 e. The van der Waals surface area contributed by atoms with Crippen molar-refractivity contribution in [1.82, 2.24) is 4.90 Å². The molecule has 6 nitrogen and oxygen atoms in total. The van der Waals surface area contributed by atoms with Gasteiger partial charge in [-0.25, -0.2) is 0 Å². The number of hydrogen-bond acceptors (Lipinski definition) is 4. The minimum atomic E-state index is -0.467. The molecule has 0 spiro atoms. The maximum atomic E-state index is 12.0. The van der Waals surface area contributed by atoms with Gasteiger partial charge in [0.05, 0.1) is 4.92 Å². The van der Waals surface area contributed by atoms with Crippen molar-refractivity contribution in [3.8, 4) is 0 Å². The van der Waals surface area contributed by atoms with Crippen LogP contribution in [0.3, 0.4) is 0 Å². The number of nitrogens with zero attached hydrogens (tertiary/aromatic N) is 2. The molecule has 1 aliphatic heterocycles. The number of nitro groups is 1. The first-order valence-corrected chi connectivity index (χ1v) is 7.41. The van der Waals surface area contributed by atoms with Gasteiger partial charge in [0.1, 0.15) is 5.69 Å². The number of carbonyl (C=O) groups excluding carboxylic acids is 1. The van der Waals surface area contributed by atoms with E-state index in [0.29, 0.717) is 23.7 Å². The largest absolute Gasteiger partial charge is 0.379 e. The molecular formula is C14H18ClN3O3. The van der Waals surface area contributed by atoms with E-state index in [1.165, 1.54) is 24.6 Å². The first kappa shape index (κ1) is 15.6. The summed E-state index contributed by atoms with van der Waals surface area (Å²) in [5.41, 5.74) is 0.309. The number of amides is 1. The molecule has 1 aliphatic rings. The molecule has 21 heavy (non-hydrogen) atoms. The average molecular weight is 312 g/mol. The Hall–Kier alpha value is -1.82. The van der Waals surface area contributed by atoms with Crippen molar-refractivity contribution >= 4 is 28.9 Å². The van der Waals surface area contributed by atoms with Crippen LogP contribution in [0.5, 0.6) is 0 Å². The van der Waals surface area contributed by atoms with Crippen LogP contribution in [0.4, 0.5) is 11.4 Å². The highest BCUT2D eigenvalue weighted by atomic mass is 35.5. The van der Waals surface area contributed by atoms with Crippen LogP contribution < -0.4 is 5.32 Å². The molecule has 0 aromatic heterocycles. The fourth-order valence-electron chi connectivity index (χ4n) is 2.41. The molecule has 2 rings (SSSR count). The second kappa shape index (κ2) is 7.26. The number of halogens is 1. The molecule has 1 aromatic carbocycles. The lowest BCUT2D eigenvalue weighted by molar-refractivity contribution is -0.384. The summed E-state index contributed by atoms with van der Waals surface area (Å²) in [6, 6.07) is 4.34. The number of anilines is 1. The summed E-state index contributed by atoms with van der Waals surface area (Å²) in [6.45, 7) is 1.99. The number of hydrogen-bond donors (Lipinski definition) is 1. The van der Waals surface area contributed by atoms with Crippen LogP contribution in [-0.2, 0) is 4.79 Å². The van der Waals surface area contributed by atoms with Gasteiger partial charge in [0.15, 0.2) is 0 Å². The van der Waals surface area contributed by atoms with Crippen LogP contribution in [0.1, 0.15) is 25.7 Å². The molecule has 1 amide bonds. The number of nitrogens with one attached hydrogen (secondary N) is 1. The van der Waals surface area contributed by atoms with Crippen LogP contribution in [0.2, 0.25) is 5.02 Å². The summed E-state index contributed by atoms with van der Waals surface area (Å²) in [6.07, 6.45) is 3.61. The normalized spacial score (nSPS) is 14.8. The molecule has 1 heterocycles. The maximum Gasteiger partial charge on any atom is 0.292 e. The minimum absolute atomic E-state index is 0.0372. The second-order valence-electron chi connectivity index (χ2n) is 5.04. The van der Waals surface area contributed by atoms with Gasteiger partial charge in [-0.05, 0) is 31.4 Å². The highest BCUT2D eigenvalue weighted by Gasteiger charge is 2.17. The lowest BCUT2D eigenvalue weighted by atomic mass is 10.1. The zero-order chi connectivity index (χ0) is 15.2. The lowest BCUT2D eigenvalue weighted by Crippen LogP contribution is -2.36. The van der Waals surface area contributed by atoms with E-state index in [2.05, 4.69) is 5.32 Å². The molecule has 1 aromatic rings. The summed E-state index contributed by atoms with van der Waals surface area (Å²) in [5, 5.41) is 14.3. The summed E-state index contributed by atoms with van der Waals surface area (Å²) in [5.74, 6) is 0.0897. The van der Waals surface area contributed by atoms with Gasteiger partial charge in [0.2, 0.25) is 5.91 Å². The number of carbonyl (C=O) groups is 1. The third-order valence-corrected chi connectivity index (χ3v) is 3.75. The standard InChI is InChI=1S/C14H18ClN3O3/c15-11-4-5-13(18(20)21)12(10-11)16-7-6-14(19)17-8-2-1-3-9-17/h4-5,10,16H,1-3,6-9H2. The zero-order valence-electron chi connectivity index (χ0n) is 11.7. The molecule has 1 fully saturated rings. The van der Waals surface area contributed by atoms with Gasteiger partial charge in [-0.2, -0.15) is 0 Å². The Kier molecular flexibility index (Phi) is 5.38. The molecule has 0 bridgehead atoms. The van der Waals surface area contributed by atoms with E-state index in [1.807, 2.05) is 4.90 Å². The van der Waals surface area contributed by atoms with E-state index in [0.717, 1.165) is 25.9 Å². The molecule has 0 saturated carbocycles. The number of piperidine rings is 1. The molecule has 1 saturated heterocycles. The fourth-order valence-corrected chi connectivity index (χ4v) is 2.59. The SMILES string of the molecule is O=C(CCNc1cc(Cl)ccc1[N+](=O)[O-])N1CCCCC1. The van der Waals surface area contributed by atoms with Crippen molar-refractivity contribution in [3.63, 3.8) is 0 Å². The van der Waals surface area contributed by atoms with E-state index in [4.69, 9.17) is 11.6 Å². The second-order valence-corrected chi connectivity index (χ2v) is 5.47. The Morgan fingerprint density at radius 1 is 1.33 bits per heavy atom. The van der Waals surface area contributed by atoms with Gasteiger partial charge in [-0.1, -0.05) is 11.6 Å². The summed E-state index contributed by atoms with van der Waals surface area (Å²) >= 11 is 5.85. The maximum absolute atomic E-state index is 12.0. The van der Waals surface area contributed by atoms with Crippen molar-refractivity contribution in [2.24, 2.45) is 0 Å². The molecule has 0 radical (unpaired) electrons. The first-order chi connectivity index (χ1) is 10.1. The average Bonchev–Trinajstić information content (AvgIpc) is 2.48. The van der Waals surface area contributed by atoms with Crippen LogP contribution in [0, 0.1) is 10.1 Å². The lowest BCUT2D eigenvalue weighted by Gasteiger charge is -2.26. The molecule has 0 atom stereocenters. The van der Waals surface area contributed by atoms with E-state index >= 15 is 0 Å². The zero-order valence-corrected chi connectivity index (χ0v) is 12.4. The molecular weight excluding hydrogens is 294 g/mol. The molecule has 0 unspecified atom stereocenters. The van der Waals surface area contributed by atoms with E-state index in [9.17, 15) is 14.9 Å². The summed E-state index contributed by atoms with van der Waals surface area (Å²) in [4.78, 5) is 24.3. The Balaban J connectivity index is 1.89. The van der Waals surface area contributed by atoms with Crippen molar-refractivity contribution in [1.29, 1.82) is 0 Å². The fraction of sp³-hybridized carbons (Fsp3) is 0.500. The van der Waals surface area contributed by atoms with Gasteiger partial charge in [0.25, 0.3) is 5.69 Å². The summed E-state index contributed by atoms with van der Waals surface area (Å²) < 4.78 is 0. The van der Waals surface area contributed by atoms with E-state index in [1.54, 1.807) is 0 Å². The van der Waals surface area contributed by atoms with E-state index in [-0.39, 0.29) is 11.6 Å². The van der Waals surface area contributed by atoms with E-state index < -0.39 is 4.92 Å². The Bertz CT molecular complexity index is 530. The van der Waals surface area contributed by atoms with Crippen LogP contribution in [0.15, 0.2) is 18.2 Å². The first-order valence-electron chi connectivity index (χ1n) is 7.03. The number of nitro benzene ring substituents is 1. The quantitative estimate of drug-likeness (QED) is 0.670. The van der Waals surface area contributed by atoms with Crippen molar-refractivity contribution in [2.75, 3.05) is 25.0 Å². The molecule has 0 aliphatic carbocycles. The number of rotatable bonds is 5. The molecule has 114 valence electrons. The predicted molar refractivity (Wildman–Crippen MR) is 81.6 cm³/mol. The molecule has 1 N–H and O–H groups in total. The highest BCUT2D eigenvalue weighted by molar-refractivity contribution is 6.31. The van der Waals surface area contributed by atoms with Gasteiger partial charge >= 0.3 is 0 Å². The van der Waals surface area contributed by atoms with Crippen molar-refractivity contribution < 1.29 is 9.72 Å². The minimum Gasteiger partial charge on any atom is -0.379 e. The highest BCUT2D eigenvalue weighted by Crippen LogP contribution is 2.27. The van der Waals surface area contributed by atoms with Gasteiger partial charge in [0, 0.05) is 37.1 Å². The van der Waals surface area contributed by atoms with Crippen LogP contribution in [0.25, 0.3) is 0 Å². The Morgan fingerprint density at radius 3 is 2.71 bits per heavy atom. The monoisotopic (exact) mass is 311 g/mol. The number of benzene rings is 1. The van der Waals surface area contributed by atoms with Gasteiger partial charge < -0.3 is 10.2 Å². The topological polar surface area (TPSA) is 75.5 Å².